The van der Waals surface area contributed by atoms with E-state index in [1.807, 2.05) is 0 Å². The maximum atomic E-state index is 9.76. The largest absolute Gasteiger partial charge is 0.357 e. The summed E-state index contributed by atoms with van der Waals surface area (Å²) in [6.07, 6.45) is 5.51. The Hall–Kier alpha value is -2.76. The molecule has 2 aromatic heterocycles. The van der Waals surface area contributed by atoms with E-state index < -0.39 is 5.54 Å². The Morgan fingerprint density at radius 3 is 2.71 bits per heavy atom. The van der Waals surface area contributed by atoms with Gasteiger partial charge in [-0.3, -0.25) is 0 Å². The molecule has 1 saturated carbocycles. The summed E-state index contributed by atoms with van der Waals surface area (Å²) >= 11 is 0. The summed E-state index contributed by atoms with van der Waals surface area (Å²) in [4.78, 5) is 17.2. The molecule has 2 unspecified atom stereocenters. The van der Waals surface area contributed by atoms with Crippen molar-refractivity contribution < 1.29 is 0 Å². The van der Waals surface area contributed by atoms with Gasteiger partial charge in [-0.25, -0.2) is 4.98 Å². The predicted molar refractivity (Wildman–Crippen MR) is 88.6 cm³/mol. The zero-order valence-electron chi connectivity index (χ0n) is 14.1. The number of anilines is 2. The van der Waals surface area contributed by atoms with E-state index in [0.29, 0.717) is 23.7 Å². The maximum Gasteiger partial charge on any atom is 0.258 e. The molecule has 3 rings (SSSR count). The number of nitrogens with one attached hydrogen (secondary N) is 2. The summed E-state index contributed by atoms with van der Waals surface area (Å²) in [6.45, 7) is 3.89. The third kappa shape index (κ3) is 2.99. The zero-order valence-corrected chi connectivity index (χ0v) is 14.1. The first kappa shape index (κ1) is 16.1. The van der Waals surface area contributed by atoms with Crippen molar-refractivity contribution in [3.8, 4) is 12.0 Å². The molecule has 1 aliphatic carbocycles. The molecule has 2 atom stereocenters. The molecule has 0 spiro atoms. The minimum Gasteiger partial charge on any atom is -0.357 e. The van der Waals surface area contributed by atoms with E-state index in [1.165, 1.54) is 4.68 Å². The predicted octanol–water partition coefficient (Wildman–Crippen LogP) is 1.69. The highest BCUT2D eigenvalue weighted by molar-refractivity contribution is 5.42. The quantitative estimate of drug-likeness (QED) is 0.871. The number of aromatic nitrogens is 6. The topological polar surface area (TPSA) is 117 Å². The van der Waals surface area contributed by atoms with E-state index in [4.69, 9.17) is 0 Å². The van der Waals surface area contributed by atoms with Gasteiger partial charge in [0.25, 0.3) is 5.95 Å². The van der Waals surface area contributed by atoms with Crippen LogP contribution in [0.4, 0.5) is 11.9 Å². The first-order valence-corrected chi connectivity index (χ1v) is 8.08. The molecule has 24 heavy (non-hydrogen) atoms. The van der Waals surface area contributed by atoms with Crippen LogP contribution in [0.15, 0.2) is 6.33 Å². The monoisotopic (exact) mass is 327 g/mol. The molecule has 0 bridgehead atoms. The highest BCUT2D eigenvalue weighted by atomic mass is 15.4. The molecular formula is C15H21N9. The summed E-state index contributed by atoms with van der Waals surface area (Å²) in [5, 5.41) is 20.2. The third-order valence-electron chi connectivity index (χ3n) is 4.49. The van der Waals surface area contributed by atoms with E-state index in [-0.39, 0.29) is 5.92 Å². The summed E-state index contributed by atoms with van der Waals surface area (Å²) in [6, 6.07) is 2.45. The molecule has 1 fully saturated rings. The van der Waals surface area contributed by atoms with Crippen molar-refractivity contribution in [2.24, 2.45) is 5.92 Å². The van der Waals surface area contributed by atoms with Gasteiger partial charge >= 0.3 is 0 Å². The molecule has 1 aliphatic rings. The number of rotatable bonds is 4. The molecule has 2 aromatic rings. The van der Waals surface area contributed by atoms with Crippen molar-refractivity contribution in [2.75, 3.05) is 17.7 Å². The van der Waals surface area contributed by atoms with E-state index in [0.717, 1.165) is 25.7 Å². The number of nitrogens with zero attached hydrogens (tertiary/aromatic N) is 7. The first-order valence-electron chi connectivity index (χ1n) is 8.08. The molecule has 9 heteroatoms. The summed E-state index contributed by atoms with van der Waals surface area (Å²) in [5.41, 5.74) is -0.653. The molecule has 0 amide bonds. The van der Waals surface area contributed by atoms with E-state index >= 15 is 0 Å². The van der Waals surface area contributed by atoms with Crippen LogP contribution in [0, 0.1) is 24.2 Å². The Bertz CT molecular complexity index is 763. The summed E-state index contributed by atoms with van der Waals surface area (Å²) in [7, 11) is 1.73. The first-order chi connectivity index (χ1) is 11.6. The standard InChI is InChI=1S/C15H21N9/c1-10-6-4-5-7-15(10,8-16)22-13-19-12(17-3)20-14(21-13)24-9-18-11(2)23-24/h9-10H,4-7H2,1-3H3,(H2,17,19,20,21,22). The van der Waals surface area contributed by atoms with Crippen LogP contribution in [0.3, 0.4) is 0 Å². The number of aryl methyl sites for hydroxylation is 1. The molecule has 126 valence electrons. The van der Waals surface area contributed by atoms with Gasteiger partial charge in [0.1, 0.15) is 17.7 Å². The van der Waals surface area contributed by atoms with E-state index in [1.54, 1.807) is 20.3 Å². The average molecular weight is 327 g/mol. The van der Waals surface area contributed by atoms with Gasteiger partial charge < -0.3 is 10.6 Å². The van der Waals surface area contributed by atoms with E-state index in [9.17, 15) is 5.26 Å². The van der Waals surface area contributed by atoms with E-state index in [2.05, 4.69) is 48.7 Å². The van der Waals surface area contributed by atoms with Gasteiger partial charge in [-0.2, -0.15) is 24.9 Å². The highest BCUT2D eigenvalue weighted by Gasteiger charge is 2.39. The lowest BCUT2D eigenvalue weighted by Crippen LogP contribution is -2.45. The lowest BCUT2D eigenvalue weighted by Gasteiger charge is -2.37. The summed E-state index contributed by atoms with van der Waals surface area (Å²) in [5.74, 6) is 1.99. The lowest BCUT2D eigenvalue weighted by atomic mass is 9.74. The molecule has 2 heterocycles. The normalized spacial score (nSPS) is 23.5. The van der Waals surface area contributed by atoms with Crippen molar-refractivity contribution in [1.82, 2.24) is 29.7 Å². The van der Waals surface area contributed by atoms with Gasteiger partial charge in [0.15, 0.2) is 0 Å². The van der Waals surface area contributed by atoms with Crippen LogP contribution in [0.25, 0.3) is 5.95 Å². The van der Waals surface area contributed by atoms with Crippen LogP contribution in [0.5, 0.6) is 0 Å². The molecule has 0 radical (unpaired) electrons. The van der Waals surface area contributed by atoms with Crippen molar-refractivity contribution in [2.45, 2.75) is 45.1 Å². The van der Waals surface area contributed by atoms with Crippen LogP contribution < -0.4 is 10.6 Å². The number of nitriles is 1. The Kier molecular flexibility index (Phi) is 4.29. The molecular weight excluding hydrogens is 306 g/mol. The minimum atomic E-state index is -0.653. The average Bonchev–Trinajstić information content (AvgIpc) is 3.03. The Labute approximate surface area is 140 Å². The highest BCUT2D eigenvalue weighted by Crippen LogP contribution is 2.35. The van der Waals surface area contributed by atoms with Crippen LogP contribution in [0.2, 0.25) is 0 Å². The fourth-order valence-corrected chi connectivity index (χ4v) is 3.00. The van der Waals surface area contributed by atoms with Crippen molar-refractivity contribution in [3.05, 3.63) is 12.2 Å². The van der Waals surface area contributed by atoms with Crippen LogP contribution >= 0.6 is 0 Å². The smallest absolute Gasteiger partial charge is 0.258 e. The van der Waals surface area contributed by atoms with Gasteiger partial charge in [-0.1, -0.05) is 19.8 Å². The fourth-order valence-electron chi connectivity index (χ4n) is 3.00. The second-order valence-electron chi connectivity index (χ2n) is 6.12. The lowest BCUT2D eigenvalue weighted by molar-refractivity contribution is 0.285. The van der Waals surface area contributed by atoms with Crippen LogP contribution in [-0.2, 0) is 0 Å². The third-order valence-corrected chi connectivity index (χ3v) is 4.49. The zero-order chi connectivity index (χ0) is 17.2. The van der Waals surface area contributed by atoms with Gasteiger partial charge in [-0.05, 0) is 25.7 Å². The second-order valence-corrected chi connectivity index (χ2v) is 6.12. The summed E-state index contributed by atoms with van der Waals surface area (Å²) < 4.78 is 1.49. The van der Waals surface area contributed by atoms with Crippen LogP contribution in [-0.4, -0.2) is 42.3 Å². The van der Waals surface area contributed by atoms with Gasteiger partial charge in [0.05, 0.1) is 6.07 Å². The van der Waals surface area contributed by atoms with Crippen molar-refractivity contribution in [1.29, 1.82) is 5.26 Å². The molecule has 0 saturated heterocycles. The fraction of sp³-hybridized carbons (Fsp3) is 0.600. The van der Waals surface area contributed by atoms with Gasteiger partial charge in [0, 0.05) is 7.05 Å². The SMILES string of the molecule is CNc1nc(NC2(C#N)CCCCC2C)nc(-n2cnc(C)n2)n1. The molecule has 0 aliphatic heterocycles. The van der Waals surface area contributed by atoms with Crippen molar-refractivity contribution >= 4 is 11.9 Å². The van der Waals surface area contributed by atoms with Gasteiger partial charge in [-0.15, -0.1) is 5.10 Å². The number of hydrogen-bond acceptors (Lipinski definition) is 8. The maximum absolute atomic E-state index is 9.76. The Morgan fingerprint density at radius 1 is 1.29 bits per heavy atom. The Balaban J connectivity index is 1.97. The molecule has 2 N–H and O–H groups in total. The minimum absolute atomic E-state index is 0.225. The molecule has 9 nitrogen and oxygen atoms in total. The Morgan fingerprint density at radius 2 is 2.08 bits per heavy atom. The van der Waals surface area contributed by atoms with Crippen LogP contribution in [0.1, 0.15) is 38.4 Å². The number of hydrogen-bond donors (Lipinski definition) is 2. The van der Waals surface area contributed by atoms with Gasteiger partial charge in [0.2, 0.25) is 11.9 Å². The van der Waals surface area contributed by atoms with Crippen molar-refractivity contribution in [3.63, 3.8) is 0 Å². The second kappa shape index (κ2) is 6.39. The molecule has 0 aromatic carbocycles.